The molecule has 0 bridgehead atoms. The van der Waals surface area contributed by atoms with E-state index in [0.717, 1.165) is 21.7 Å². The average Bonchev–Trinajstić information content (AvgIpc) is 2.71. The third-order valence-electron chi connectivity index (χ3n) is 2.79. The molecule has 5 heteroatoms. The molecule has 17 heavy (non-hydrogen) atoms. The van der Waals surface area contributed by atoms with Crippen molar-refractivity contribution in [1.82, 2.24) is 14.9 Å². The second-order valence-electron chi connectivity index (χ2n) is 3.95. The van der Waals surface area contributed by atoms with Crippen LogP contribution in [0, 0.1) is 19.7 Å². The van der Waals surface area contributed by atoms with Crippen LogP contribution < -0.4 is 5.32 Å². The standard InChI is InChI=1S/C12H14FN3S/c1-7-4-5-9(13)6-10(7)11(14-3)12-8(2)15-16-17-12/h4-6,11,14H,1-3H3. The normalized spacial score (nSPS) is 12.7. The molecule has 1 heterocycles. The van der Waals surface area contributed by atoms with E-state index in [0.29, 0.717) is 0 Å². The second-order valence-corrected chi connectivity index (χ2v) is 4.73. The van der Waals surface area contributed by atoms with Crippen molar-refractivity contribution in [2.24, 2.45) is 0 Å². The van der Waals surface area contributed by atoms with Gasteiger partial charge in [-0.1, -0.05) is 10.6 Å². The molecule has 0 amide bonds. The number of aryl methyl sites for hydroxylation is 2. The minimum absolute atomic E-state index is 0.0503. The monoisotopic (exact) mass is 251 g/mol. The van der Waals surface area contributed by atoms with Crippen molar-refractivity contribution in [3.63, 3.8) is 0 Å². The van der Waals surface area contributed by atoms with Crippen LogP contribution in [0.4, 0.5) is 4.39 Å². The topological polar surface area (TPSA) is 37.8 Å². The second kappa shape index (κ2) is 4.89. The predicted octanol–water partition coefficient (Wildman–Crippen LogP) is 2.60. The van der Waals surface area contributed by atoms with Crippen LogP contribution in [0.3, 0.4) is 0 Å². The Bertz CT molecular complexity index is 524. The van der Waals surface area contributed by atoms with Crippen molar-refractivity contribution in [3.8, 4) is 0 Å². The van der Waals surface area contributed by atoms with Crippen molar-refractivity contribution in [1.29, 1.82) is 0 Å². The molecule has 0 aliphatic carbocycles. The molecule has 0 spiro atoms. The molecule has 2 rings (SSSR count). The summed E-state index contributed by atoms with van der Waals surface area (Å²) < 4.78 is 17.3. The molecule has 1 unspecified atom stereocenters. The molecule has 1 atom stereocenters. The van der Waals surface area contributed by atoms with Crippen molar-refractivity contribution < 1.29 is 4.39 Å². The van der Waals surface area contributed by atoms with Crippen LogP contribution in [0.15, 0.2) is 18.2 Å². The first-order valence-electron chi connectivity index (χ1n) is 5.35. The quantitative estimate of drug-likeness (QED) is 0.911. The van der Waals surface area contributed by atoms with Crippen LogP contribution in [0.5, 0.6) is 0 Å². The third kappa shape index (κ3) is 2.35. The van der Waals surface area contributed by atoms with Crippen LogP contribution in [-0.4, -0.2) is 16.6 Å². The average molecular weight is 251 g/mol. The molecular formula is C12H14FN3S. The Morgan fingerprint density at radius 2 is 2.12 bits per heavy atom. The fraction of sp³-hybridized carbons (Fsp3) is 0.333. The summed E-state index contributed by atoms with van der Waals surface area (Å²) >= 11 is 1.35. The SMILES string of the molecule is CNC(c1cc(F)ccc1C)c1snnc1C. The molecule has 2 aromatic rings. The Hall–Kier alpha value is -1.33. The molecule has 1 N–H and O–H groups in total. The number of nitrogens with zero attached hydrogens (tertiary/aromatic N) is 2. The summed E-state index contributed by atoms with van der Waals surface area (Å²) in [5, 5.41) is 7.19. The van der Waals surface area contributed by atoms with E-state index in [2.05, 4.69) is 14.9 Å². The molecule has 1 aromatic carbocycles. The van der Waals surface area contributed by atoms with Gasteiger partial charge in [-0.3, -0.25) is 0 Å². The molecule has 0 saturated heterocycles. The summed E-state index contributed by atoms with van der Waals surface area (Å²) in [6.07, 6.45) is 0. The van der Waals surface area contributed by atoms with E-state index in [9.17, 15) is 4.39 Å². The molecule has 90 valence electrons. The Morgan fingerprint density at radius 3 is 2.71 bits per heavy atom. The largest absolute Gasteiger partial charge is 0.309 e. The number of halogens is 1. The number of rotatable bonds is 3. The molecule has 3 nitrogen and oxygen atoms in total. The molecule has 0 radical (unpaired) electrons. The van der Waals surface area contributed by atoms with Gasteiger partial charge >= 0.3 is 0 Å². The van der Waals surface area contributed by atoms with E-state index in [4.69, 9.17) is 0 Å². The number of hydrogen-bond donors (Lipinski definition) is 1. The van der Waals surface area contributed by atoms with Crippen LogP contribution in [0.25, 0.3) is 0 Å². The predicted molar refractivity (Wildman–Crippen MR) is 66.7 cm³/mol. The van der Waals surface area contributed by atoms with Gasteiger partial charge in [0.25, 0.3) is 0 Å². The Kier molecular flexibility index (Phi) is 3.49. The zero-order chi connectivity index (χ0) is 12.4. The van der Waals surface area contributed by atoms with Gasteiger partial charge in [0.1, 0.15) is 5.82 Å². The highest BCUT2D eigenvalue weighted by Gasteiger charge is 2.19. The molecule has 0 saturated carbocycles. The van der Waals surface area contributed by atoms with E-state index in [1.807, 2.05) is 20.9 Å². The summed E-state index contributed by atoms with van der Waals surface area (Å²) in [4.78, 5) is 1.03. The highest BCUT2D eigenvalue weighted by molar-refractivity contribution is 7.05. The Labute approximate surface area is 104 Å². The minimum atomic E-state index is -0.221. The zero-order valence-electron chi connectivity index (χ0n) is 9.99. The Morgan fingerprint density at radius 1 is 1.35 bits per heavy atom. The fourth-order valence-electron chi connectivity index (χ4n) is 1.85. The number of benzene rings is 1. The lowest BCUT2D eigenvalue weighted by Crippen LogP contribution is -2.18. The van der Waals surface area contributed by atoms with Gasteiger partial charge in [-0.15, -0.1) is 5.10 Å². The van der Waals surface area contributed by atoms with Gasteiger partial charge in [0, 0.05) is 0 Å². The summed E-state index contributed by atoms with van der Waals surface area (Å²) in [5.41, 5.74) is 2.87. The van der Waals surface area contributed by atoms with Gasteiger partial charge in [0.2, 0.25) is 0 Å². The smallest absolute Gasteiger partial charge is 0.123 e. The fourth-order valence-corrected chi connectivity index (χ4v) is 2.63. The van der Waals surface area contributed by atoms with Gasteiger partial charge in [-0.05, 0) is 55.7 Å². The molecule has 0 aliphatic rings. The van der Waals surface area contributed by atoms with Crippen LogP contribution in [0.1, 0.15) is 27.7 Å². The maximum absolute atomic E-state index is 13.3. The lowest BCUT2D eigenvalue weighted by Gasteiger charge is -2.17. The van der Waals surface area contributed by atoms with E-state index in [1.54, 1.807) is 12.1 Å². The van der Waals surface area contributed by atoms with Gasteiger partial charge in [0.15, 0.2) is 0 Å². The van der Waals surface area contributed by atoms with Crippen LogP contribution in [0.2, 0.25) is 0 Å². The summed E-state index contributed by atoms with van der Waals surface area (Å²) in [5.74, 6) is -0.221. The van der Waals surface area contributed by atoms with Gasteiger partial charge in [-0.25, -0.2) is 4.39 Å². The summed E-state index contributed by atoms with van der Waals surface area (Å²) in [7, 11) is 1.86. The highest BCUT2D eigenvalue weighted by atomic mass is 32.1. The van der Waals surface area contributed by atoms with Crippen LogP contribution >= 0.6 is 11.5 Å². The highest BCUT2D eigenvalue weighted by Crippen LogP contribution is 2.28. The van der Waals surface area contributed by atoms with E-state index >= 15 is 0 Å². The minimum Gasteiger partial charge on any atom is -0.309 e. The van der Waals surface area contributed by atoms with Gasteiger partial charge in [0.05, 0.1) is 16.6 Å². The van der Waals surface area contributed by atoms with E-state index in [1.165, 1.54) is 17.6 Å². The third-order valence-corrected chi connectivity index (χ3v) is 3.68. The van der Waals surface area contributed by atoms with Crippen molar-refractivity contribution in [3.05, 3.63) is 45.7 Å². The van der Waals surface area contributed by atoms with Crippen molar-refractivity contribution in [2.75, 3.05) is 7.05 Å². The summed E-state index contributed by atoms with van der Waals surface area (Å²) in [6.45, 7) is 3.89. The van der Waals surface area contributed by atoms with E-state index < -0.39 is 0 Å². The maximum Gasteiger partial charge on any atom is 0.123 e. The lowest BCUT2D eigenvalue weighted by atomic mass is 9.99. The van der Waals surface area contributed by atoms with Crippen LogP contribution in [-0.2, 0) is 0 Å². The lowest BCUT2D eigenvalue weighted by molar-refractivity contribution is 0.616. The number of aromatic nitrogens is 2. The van der Waals surface area contributed by atoms with Crippen molar-refractivity contribution in [2.45, 2.75) is 19.9 Å². The Balaban J connectivity index is 2.49. The zero-order valence-corrected chi connectivity index (χ0v) is 10.8. The molecule has 0 fully saturated rings. The molecule has 0 aliphatic heterocycles. The number of hydrogen-bond acceptors (Lipinski definition) is 4. The van der Waals surface area contributed by atoms with Gasteiger partial charge in [-0.2, -0.15) is 0 Å². The first-order valence-corrected chi connectivity index (χ1v) is 6.13. The maximum atomic E-state index is 13.3. The van der Waals surface area contributed by atoms with Crippen molar-refractivity contribution >= 4 is 11.5 Å². The molecule has 1 aromatic heterocycles. The van der Waals surface area contributed by atoms with Gasteiger partial charge < -0.3 is 5.32 Å². The summed E-state index contributed by atoms with van der Waals surface area (Å²) in [6, 6.07) is 4.78. The number of nitrogens with one attached hydrogen (secondary N) is 1. The molecular weight excluding hydrogens is 237 g/mol. The first-order chi connectivity index (χ1) is 8.13. The first kappa shape index (κ1) is 12.1. The van der Waals surface area contributed by atoms with E-state index in [-0.39, 0.29) is 11.9 Å².